The highest BCUT2D eigenvalue weighted by Gasteiger charge is 2.42. The molecular formula is C17H16N2O. The van der Waals surface area contributed by atoms with Gasteiger partial charge in [-0.1, -0.05) is 48.5 Å². The molecule has 3 rings (SSSR count). The van der Waals surface area contributed by atoms with E-state index in [1.165, 1.54) is 0 Å². The fourth-order valence-corrected chi connectivity index (χ4v) is 2.43. The zero-order chi connectivity index (χ0) is 14.2. The van der Waals surface area contributed by atoms with Crippen LogP contribution in [0.2, 0.25) is 0 Å². The number of nitrogens with zero attached hydrogens (tertiary/aromatic N) is 2. The quantitative estimate of drug-likeness (QED) is 0.606. The average molecular weight is 264 g/mol. The fourth-order valence-electron chi connectivity index (χ4n) is 2.43. The summed E-state index contributed by atoms with van der Waals surface area (Å²) < 4.78 is 1.00. The minimum absolute atomic E-state index is 0.481. The van der Waals surface area contributed by atoms with Gasteiger partial charge in [0.05, 0.1) is 5.56 Å². The van der Waals surface area contributed by atoms with Crippen molar-refractivity contribution in [2.45, 2.75) is 19.4 Å². The molecule has 0 saturated heterocycles. The molecule has 0 aromatic heterocycles. The summed E-state index contributed by atoms with van der Waals surface area (Å²) >= 11 is 0. The highest BCUT2D eigenvalue weighted by molar-refractivity contribution is 6.17. The van der Waals surface area contributed by atoms with Crippen LogP contribution in [0.3, 0.4) is 0 Å². The van der Waals surface area contributed by atoms with E-state index in [-0.39, 0.29) is 0 Å². The Kier molecular flexibility index (Phi) is 2.90. The van der Waals surface area contributed by atoms with Gasteiger partial charge in [-0.3, -0.25) is 4.74 Å². The third-order valence-corrected chi connectivity index (χ3v) is 3.58. The number of amidine groups is 1. The summed E-state index contributed by atoms with van der Waals surface area (Å²) in [6.45, 7) is 3.81. The lowest BCUT2D eigenvalue weighted by Crippen LogP contribution is -2.39. The topological polar surface area (TPSA) is 38.4 Å². The molecule has 0 bridgehead atoms. The van der Waals surface area contributed by atoms with Crippen molar-refractivity contribution >= 4 is 11.5 Å². The molecule has 1 aliphatic rings. The molecule has 0 amide bonds. The van der Waals surface area contributed by atoms with Gasteiger partial charge in [0.2, 0.25) is 5.71 Å². The maximum Gasteiger partial charge on any atom is 0.329 e. The Bertz CT molecular complexity index is 685. The van der Waals surface area contributed by atoms with Crippen LogP contribution in [0, 0.1) is 5.21 Å². The van der Waals surface area contributed by atoms with Crippen molar-refractivity contribution in [2.24, 2.45) is 4.99 Å². The zero-order valence-electron chi connectivity index (χ0n) is 11.6. The Hall–Kier alpha value is -2.42. The van der Waals surface area contributed by atoms with E-state index in [0.717, 1.165) is 21.6 Å². The number of hydroxylamine groups is 1. The van der Waals surface area contributed by atoms with E-state index in [9.17, 15) is 5.21 Å². The third kappa shape index (κ3) is 1.92. The summed E-state index contributed by atoms with van der Waals surface area (Å²) in [6.07, 6.45) is 0. The summed E-state index contributed by atoms with van der Waals surface area (Å²) in [7, 11) is 0. The van der Waals surface area contributed by atoms with Gasteiger partial charge in [-0.2, -0.15) is 0 Å². The molecular weight excluding hydrogens is 248 g/mol. The molecule has 0 saturated carbocycles. The van der Waals surface area contributed by atoms with E-state index < -0.39 is 5.54 Å². The number of hydrogen-bond donors (Lipinski definition) is 0. The predicted octanol–water partition coefficient (Wildman–Crippen LogP) is 3.23. The van der Waals surface area contributed by atoms with Gasteiger partial charge in [-0.15, -0.1) is 0 Å². The molecule has 0 fully saturated rings. The summed E-state index contributed by atoms with van der Waals surface area (Å²) in [5.41, 5.74) is 1.99. The standard InChI is InChI=1S/C17H16N2O/c1-17(2)15(13-9-5-3-6-10-13)18-16(19(17)20)14-11-7-4-8-12-14/h3-12H,1-2H3. The normalized spacial score (nSPS) is 17.2. The number of aliphatic imine (C=N–C) groups is 1. The van der Waals surface area contributed by atoms with Gasteiger partial charge in [-0.25, -0.2) is 0 Å². The maximum absolute atomic E-state index is 12.6. The Morgan fingerprint density at radius 2 is 1.35 bits per heavy atom. The molecule has 0 N–H and O–H groups in total. The first-order chi connectivity index (χ1) is 9.60. The summed E-state index contributed by atoms with van der Waals surface area (Å²) in [5.74, 6) is 0.481. The molecule has 2 aromatic carbocycles. The van der Waals surface area contributed by atoms with E-state index in [0.29, 0.717) is 5.84 Å². The van der Waals surface area contributed by atoms with Crippen molar-refractivity contribution in [3.63, 3.8) is 0 Å². The molecule has 0 radical (unpaired) electrons. The van der Waals surface area contributed by atoms with Crippen molar-refractivity contribution < 1.29 is 4.74 Å². The van der Waals surface area contributed by atoms with Crippen LogP contribution in [0.15, 0.2) is 65.7 Å². The van der Waals surface area contributed by atoms with Crippen molar-refractivity contribution in [1.29, 1.82) is 0 Å². The van der Waals surface area contributed by atoms with Crippen LogP contribution in [0.25, 0.3) is 0 Å². The second-order valence-corrected chi connectivity index (χ2v) is 5.37. The highest BCUT2D eigenvalue weighted by atomic mass is 16.5. The molecule has 0 atom stereocenters. The van der Waals surface area contributed by atoms with E-state index in [1.807, 2.05) is 74.5 Å². The predicted molar refractivity (Wildman–Crippen MR) is 81.2 cm³/mol. The van der Waals surface area contributed by atoms with Crippen LogP contribution >= 0.6 is 0 Å². The van der Waals surface area contributed by atoms with Crippen molar-refractivity contribution in [3.8, 4) is 0 Å². The molecule has 1 heterocycles. The van der Waals surface area contributed by atoms with Crippen LogP contribution in [0.4, 0.5) is 0 Å². The van der Waals surface area contributed by atoms with Gasteiger partial charge in [0.15, 0.2) is 5.54 Å². The van der Waals surface area contributed by atoms with Crippen LogP contribution in [0.1, 0.15) is 25.0 Å². The second-order valence-electron chi connectivity index (χ2n) is 5.37. The maximum atomic E-state index is 12.6. The summed E-state index contributed by atoms with van der Waals surface area (Å²) in [4.78, 5) is 4.61. The lowest BCUT2D eigenvalue weighted by molar-refractivity contribution is -0.512. The monoisotopic (exact) mass is 264 g/mol. The van der Waals surface area contributed by atoms with Crippen LogP contribution in [0.5, 0.6) is 0 Å². The fraction of sp³-hybridized carbons (Fsp3) is 0.176. The first-order valence-corrected chi connectivity index (χ1v) is 6.65. The van der Waals surface area contributed by atoms with Gasteiger partial charge in [0, 0.05) is 5.56 Å². The van der Waals surface area contributed by atoms with Gasteiger partial charge >= 0.3 is 5.84 Å². The molecule has 2 aromatic rings. The van der Waals surface area contributed by atoms with E-state index in [4.69, 9.17) is 0 Å². The van der Waals surface area contributed by atoms with Crippen molar-refractivity contribution in [3.05, 3.63) is 77.0 Å². The summed E-state index contributed by atoms with van der Waals surface area (Å²) in [6, 6.07) is 19.4. The van der Waals surface area contributed by atoms with Gasteiger partial charge in [0.25, 0.3) is 0 Å². The zero-order valence-corrected chi connectivity index (χ0v) is 11.6. The van der Waals surface area contributed by atoms with Crippen LogP contribution in [-0.4, -0.2) is 21.8 Å². The van der Waals surface area contributed by atoms with Gasteiger partial charge in [0.1, 0.15) is 0 Å². The van der Waals surface area contributed by atoms with E-state index in [2.05, 4.69) is 4.99 Å². The Balaban J connectivity index is 2.12. The van der Waals surface area contributed by atoms with E-state index >= 15 is 0 Å². The van der Waals surface area contributed by atoms with Crippen LogP contribution in [-0.2, 0) is 0 Å². The molecule has 3 heteroatoms. The molecule has 3 nitrogen and oxygen atoms in total. The minimum Gasteiger partial charge on any atom is -0.714 e. The summed E-state index contributed by atoms with van der Waals surface area (Å²) in [5, 5.41) is 12.6. The number of hydrogen-bond acceptors (Lipinski definition) is 2. The third-order valence-electron chi connectivity index (χ3n) is 3.58. The minimum atomic E-state index is -0.660. The van der Waals surface area contributed by atoms with Gasteiger partial charge in [-0.05, 0) is 31.0 Å². The molecule has 100 valence electrons. The number of benzene rings is 2. The molecule has 0 unspecified atom stereocenters. The first-order valence-electron chi connectivity index (χ1n) is 6.65. The Morgan fingerprint density at radius 3 is 1.90 bits per heavy atom. The SMILES string of the molecule is CC1(C)C(c2ccccc2)=NC(c2ccccc2)=[N+]1[O-]. The molecule has 0 aliphatic carbocycles. The van der Waals surface area contributed by atoms with Crippen molar-refractivity contribution in [1.82, 2.24) is 0 Å². The lowest BCUT2D eigenvalue weighted by atomic mass is 9.93. The molecule has 1 aliphatic heterocycles. The van der Waals surface area contributed by atoms with Gasteiger partial charge < -0.3 is 5.21 Å². The second kappa shape index (κ2) is 4.60. The number of rotatable bonds is 2. The Morgan fingerprint density at radius 1 is 0.850 bits per heavy atom. The molecule has 20 heavy (non-hydrogen) atoms. The largest absolute Gasteiger partial charge is 0.714 e. The highest BCUT2D eigenvalue weighted by Crippen LogP contribution is 2.25. The Labute approximate surface area is 118 Å². The first kappa shape index (κ1) is 12.6. The molecule has 0 spiro atoms. The van der Waals surface area contributed by atoms with E-state index in [1.54, 1.807) is 0 Å². The van der Waals surface area contributed by atoms with Crippen molar-refractivity contribution in [2.75, 3.05) is 0 Å². The smallest absolute Gasteiger partial charge is 0.329 e. The van der Waals surface area contributed by atoms with Crippen LogP contribution < -0.4 is 0 Å². The average Bonchev–Trinajstić information content (AvgIpc) is 2.72. The lowest BCUT2D eigenvalue weighted by Gasteiger charge is -2.23.